The summed E-state index contributed by atoms with van der Waals surface area (Å²) in [6.45, 7) is 6.25. The Morgan fingerprint density at radius 1 is 1.04 bits per heavy atom. The highest BCUT2D eigenvalue weighted by Crippen LogP contribution is 2.31. The summed E-state index contributed by atoms with van der Waals surface area (Å²) >= 11 is 0. The average molecular weight is 361 g/mol. The Labute approximate surface area is 160 Å². The van der Waals surface area contributed by atoms with E-state index < -0.39 is 0 Å². The van der Waals surface area contributed by atoms with Crippen LogP contribution in [0.5, 0.6) is 0 Å². The summed E-state index contributed by atoms with van der Waals surface area (Å²) in [5.74, 6) is -0.0604. The summed E-state index contributed by atoms with van der Waals surface area (Å²) in [5.41, 5.74) is 6.40. The topological polar surface area (TPSA) is 48.1 Å². The Hall–Kier alpha value is -2.75. The number of H-pyrrole nitrogens is 1. The highest BCUT2D eigenvalue weighted by atomic mass is 16.1. The van der Waals surface area contributed by atoms with Crippen LogP contribution < -0.4 is 10.2 Å². The predicted molar refractivity (Wildman–Crippen MR) is 113 cm³/mol. The molecule has 0 radical (unpaired) electrons. The van der Waals surface area contributed by atoms with Gasteiger partial charge in [0, 0.05) is 35.5 Å². The van der Waals surface area contributed by atoms with E-state index >= 15 is 0 Å². The van der Waals surface area contributed by atoms with Crippen molar-refractivity contribution in [2.45, 2.75) is 39.5 Å². The van der Waals surface area contributed by atoms with Crippen LogP contribution in [0.4, 0.5) is 11.4 Å². The van der Waals surface area contributed by atoms with E-state index in [1.165, 1.54) is 35.2 Å². The number of aromatic nitrogens is 1. The number of nitrogens with one attached hydrogen (secondary N) is 2. The number of aromatic amines is 1. The molecule has 0 unspecified atom stereocenters. The summed E-state index contributed by atoms with van der Waals surface area (Å²) in [6.07, 6.45) is 4.64. The molecule has 0 bridgehead atoms. The fraction of sp³-hybridized carbons (Fsp3) is 0.348. The summed E-state index contributed by atoms with van der Waals surface area (Å²) in [7, 11) is 0. The minimum atomic E-state index is -0.0604. The Balaban J connectivity index is 1.59. The van der Waals surface area contributed by atoms with E-state index in [1.54, 1.807) is 0 Å². The Kier molecular flexibility index (Phi) is 4.88. The normalized spacial score (nSPS) is 13.4. The van der Waals surface area contributed by atoms with Gasteiger partial charge in [0.05, 0.1) is 11.1 Å². The first-order valence-corrected chi connectivity index (χ1v) is 10.00. The summed E-state index contributed by atoms with van der Waals surface area (Å²) in [6, 6.07) is 14.1. The van der Waals surface area contributed by atoms with E-state index in [0.29, 0.717) is 0 Å². The van der Waals surface area contributed by atoms with Crippen molar-refractivity contribution < 1.29 is 4.79 Å². The lowest BCUT2D eigenvalue weighted by Gasteiger charge is -2.21. The van der Waals surface area contributed by atoms with Crippen molar-refractivity contribution in [2.24, 2.45) is 0 Å². The van der Waals surface area contributed by atoms with Crippen LogP contribution in [0.1, 0.15) is 48.3 Å². The van der Waals surface area contributed by atoms with E-state index in [0.717, 1.165) is 42.7 Å². The molecule has 1 aliphatic carbocycles. The van der Waals surface area contributed by atoms with Crippen LogP contribution in [0.25, 0.3) is 10.9 Å². The molecule has 4 heteroatoms. The number of hydrogen-bond donors (Lipinski definition) is 2. The second-order valence-corrected chi connectivity index (χ2v) is 7.19. The molecule has 1 amide bonds. The van der Waals surface area contributed by atoms with Gasteiger partial charge < -0.3 is 15.2 Å². The van der Waals surface area contributed by atoms with Gasteiger partial charge in [-0.25, -0.2) is 0 Å². The number of anilines is 2. The largest absolute Gasteiger partial charge is 0.372 e. The van der Waals surface area contributed by atoms with Crippen molar-refractivity contribution in [1.82, 2.24) is 4.98 Å². The molecule has 4 rings (SSSR count). The van der Waals surface area contributed by atoms with Gasteiger partial charge in [-0.15, -0.1) is 0 Å². The molecule has 2 N–H and O–H groups in total. The van der Waals surface area contributed by atoms with Gasteiger partial charge in [0.2, 0.25) is 0 Å². The lowest BCUT2D eigenvalue weighted by molar-refractivity contribution is 0.102. The molecule has 0 saturated carbocycles. The van der Waals surface area contributed by atoms with Gasteiger partial charge in [-0.2, -0.15) is 0 Å². The molecule has 27 heavy (non-hydrogen) atoms. The van der Waals surface area contributed by atoms with Gasteiger partial charge >= 0.3 is 0 Å². The zero-order valence-corrected chi connectivity index (χ0v) is 16.1. The second kappa shape index (κ2) is 7.47. The molecule has 1 aromatic heterocycles. The molecular formula is C23H27N3O. The Morgan fingerprint density at radius 3 is 2.52 bits per heavy atom. The molecule has 0 fully saturated rings. The number of aryl methyl sites for hydroxylation is 2. The molecule has 2 aromatic carbocycles. The van der Waals surface area contributed by atoms with Crippen molar-refractivity contribution in [3.8, 4) is 0 Å². The molecule has 140 valence electrons. The third kappa shape index (κ3) is 3.32. The van der Waals surface area contributed by atoms with Crippen molar-refractivity contribution in [2.75, 3.05) is 23.3 Å². The SMILES string of the molecule is CCN(CC)c1ccc(NC(=O)c2cccc3c4c([nH]c23)CCCC4)cc1. The maximum absolute atomic E-state index is 12.9. The lowest BCUT2D eigenvalue weighted by Crippen LogP contribution is -2.21. The molecule has 0 atom stereocenters. The molecule has 4 nitrogen and oxygen atoms in total. The highest BCUT2D eigenvalue weighted by molar-refractivity contribution is 6.12. The van der Waals surface area contributed by atoms with Crippen molar-refractivity contribution >= 4 is 28.2 Å². The first-order chi connectivity index (χ1) is 13.2. The van der Waals surface area contributed by atoms with E-state index in [-0.39, 0.29) is 5.91 Å². The number of benzene rings is 2. The fourth-order valence-corrected chi connectivity index (χ4v) is 4.16. The van der Waals surface area contributed by atoms with Crippen LogP contribution in [-0.4, -0.2) is 24.0 Å². The van der Waals surface area contributed by atoms with Crippen molar-refractivity contribution in [1.29, 1.82) is 0 Å². The van der Waals surface area contributed by atoms with Crippen LogP contribution in [0.15, 0.2) is 42.5 Å². The summed E-state index contributed by atoms with van der Waals surface area (Å²) in [4.78, 5) is 18.7. The lowest BCUT2D eigenvalue weighted by atomic mass is 9.95. The van der Waals surface area contributed by atoms with E-state index in [1.807, 2.05) is 24.3 Å². The first-order valence-electron chi connectivity index (χ1n) is 10.00. The number of para-hydroxylation sites is 1. The fourth-order valence-electron chi connectivity index (χ4n) is 4.16. The molecular weight excluding hydrogens is 334 g/mol. The number of fused-ring (bicyclic) bond motifs is 3. The van der Waals surface area contributed by atoms with Crippen LogP contribution in [-0.2, 0) is 12.8 Å². The van der Waals surface area contributed by atoms with Gasteiger partial charge in [-0.3, -0.25) is 4.79 Å². The van der Waals surface area contributed by atoms with Gasteiger partial charge in [-0.05, 0) is 75.4 Å². The third-order valence-electron chi connectivity index (χ3n) is 5.63. The standard InChI is InChI=1S/C23H27N3O/c1-3-26(4-2)17-14-12-16(13-15-17)24-23(27)20-10-7-9-19-18-8-5-6-11-21(18)25-22(19)20/h7,9-10,12-15,25H,3-6,8,11H2,1-2H3,(H,24,27). The Bertz CT molecular complexity index is 952. The predicted octanol–water partition coefficient (Wildman–Crippen LogP) is 5.15. The zero-order valence-electron chi connectivity index (χ0n) is 16.1. The molecule has 3 aromatic rings. The van der Waals surface area contributed by atoms with Gasteiger partial charge in [0.1, 0.15) is 0 Å². The van der Waals surface area contributed by atoms with Gasteiger partial charge in [0.15, 0.2) is 0 Å². The van der Waals surface area contributed by atoms with E-state index in [2.05, 4.69) is 47.2 Å². The molecule has 1 aliphatic rings. The van der Waals surface area contributed by atoms with Crippen LogP contribution in [0.3, 0.4) is 0 Å². The quantitative estimate of drug-likeness (QED) is 0.660. The second-order valence-electron chi connectivity index (χ2n) is 7.19. The van der Waals surface area contributed by atoms with Crippen LogP contribution >= 0.6 is 0 Å². The van der Waals surface area contributed by atoms with Crippen molar-refractivity contribution in [3.05, 3.63) is 59.3 Å². The van der Waals surface area contributed by atoms with Gasteiger partial charge in [-0.1, -0.05) is 12.1 Å². The zero-order chi connectivity index (χ0) is 18.8. The van der Waals surface area contributed by atoms with Crippen LogP contribution in [0.2, 0.25) is 0 Å². The average Bonchev–Trinajstić information content (AvgIpc) is 3.09. The highest BCUT2D eigenvalue weighted by Gasteiger charge is 2.19. The summed E-state index contributed by atoms with van der Waals surface area (Å²) in [5, 5.41) is 4.26. The molecule has 0 saturated heterocycles. The molecule has 0 aliphatic heterocycles. The Morgan fingerprint density at radius 2 is 1.78 bits per heavy atom. The maximum Gasteiger partial charge on any atom is 0.257 e. The monoisotopic (exact) mass is 361 g/mol. The third-order valence-corrected chi connectivity index (χ3v) is 5.63. The summed E-state index contributed by atoms with van der Waals surface area (Å²) < 4.78 is 0. The maximum atomic E-state index is 12.9. The number of hydrogen-bond acceptors (Lipinski definition) is 2. The number of amides is 1. The number of nitrogens with zero attached hydrogens (tertiary/aromatic N) is 1. The van der Waals surface area contributed by atoms with E-state index in [4.69, 9.17) is 0 Å². The minimum absolute atomic E-state index is 0.0604. The molecule has 1 heterocycles. The smallest absolute Gasteiger partial charge is 0.257 e. The number of carbonyl (C=O) groups excluding carboxylic acids is 1. The van der Waals surface area contributed by atoms with Gasteiger partial charge in [0.25, 0.3) is 5.91 Å². The number of rotatable bonds is 5. The first kappa shape index (κ1) is 17.7. The minimum Gasteiger partial charge on any atom is -0.372 e. The van der Waals surface area contributed by atoms with Crippen molar-refractivity contribution in [3.63, 3.8) is 0 Å². The molecule has 0 spiro atoms. The van der Waals surface area contributed by atoms with Crippen LogP contribution in [0, 0.1) is 0 Å². The van der Waals surface area contributed by atoms with E-state index in [9.17, 15) is 4.79 Å². The number of carbonyl (C=O) groups is 1.